The molecule has 0 heterocycles. The minimum absolute atomic E-state index is 0.0633. The van der Waals surface area contributed by atoms with E-state index in [-0.39, 0.29) is 5.78 Å². The molecule has 0 fully saturated rings. The largest absolute Gasteiger partial charge is 0.295 e. The van der Waals surface area contributed by atoms with E-state index >= 15 is 0 Å². The lowest BCUT2D eigenvalue weighted by atomic mass is 10.1. The Morgan fingerprint density at radius 3 is 2.77 bits per heavy atom. The van der Waals surface area contributed by atoms with Gasteiger partial charge in [-0.05, 0) is 31.6 Å². The molecule has 1 aromatic rings. The number of carbonyl (C=O) groups excluding carboxylic acids is 1. The zero-order valence-corrected chi connectivity index (χ0v) is 9.26. The third-order valence-corrected chi connectivity index (χ3v) is 2.37. The highest BCUT2D eigenvalue weighted by Gasteiger charge is 1.95. The summed E-state index contributed by atoms with van der Waals surface area (Å²) in [6.07, 6.45) is 3.39. The summed E-state index contributed by atoms with van der Waals surface area (Å²) in [7, 11) is 0. The van der Waals surface area contributed by atoms with Crippen LogP contribution in [0.1, 0.15) is 18.1 Å². The molecule has 2 heteroatoms. The van der Waals surface area contributed by atoms with Crippen LogP contribution in [0.2, 0.25) is 0 Å². The summed E-state index contributed by atoms with van der Waals surface area (Å²) in [6, 6.07) is 6.04. The first-order valence-electron chi connectivity index (χ1n) is 4.04. The molecule has 0 spiro atoms. The number of allylic oxidation sites excluding steroid dienone is 1. The fourth-order valence-electron chi connectivity index (χ4n) is 0.998. The second kappa shape index (κ2) is 4.38. The summed E-state index contributed by atoms with van der Waals surface area (Å²) in [5.41, 5.74) is 2.22. The predicted octanol–water partition coefficient (Wildman–Crippen LogP) is 3.36. The van der Waals surface area contributed by atoms with Crippen LogP contribution in [-0.4, -0.2) is 5.78 Å². The van der Waals surface area contributed by atoms with Crippen LogP contribution in [0.15, 0.2) is 28.7 Å². The molecule has 0 saturated carbocycles. The van der Waals surface area contributed by atoms with Gasteiger partial charge in [0.15, 0.2) is 5.78 Å². The number of halogens is 1. The van der Waals surface area contributed by atoms with Gasteiger partial charge in [-0.3, -0.25) is 4.79 Å². The van der Waals surface area contributed by atoms with Crippen molar-refractivity contribution in [1.82, 2.24) is 0 Å². The van der Waals surface area contributed by atoms with Crippen molar-refractivity contribution in [2.45, 2.75) is 13.8 Å². The van der Waals surface area contributed by atoms with Crippen molar-refractivity contribution in [3.63, 3.8) is 0 Å². The van der Waals surface area contributed by atoms with E-state index in [4.69, 9.17) is 0 Å². The Bertz CT molecular complexity index is 353. The highest BCUT2D eigenvalue weighted by Crippen LogP contribution is 2.19. The predicted molar refractivity (Wildman–Crippen MR) is 58.6 cm³/mol. The van der Waals surface area contributed by atoms with E-state index < -0.39 is 0 Å². The fourth-order valence-corrected chi connectivity index (χ4v) is 1.38. The molecule has 1 rings (SSSR count). The third kappa shape index (κ3) is 3.15. The molecule has 0 amide bonds. The van der Waals surface area contributed by atoms with E-state index in [1.165, 1.54) is 5.56 Å². The molecule has 1 aromatic carbocycles. The van der Waals surface area contributed by atoms with Crippen LogP contribution in [0.5, 0.6) is 0 Å². The smallest absolute Gasteiger partial charge is 0.152 e. The molecule has 0 saturated heterocycles. The van der Waals surface area contributed by atoms with Gasteiger partial charge in [0.2, 0.25) is 0 Å². The number of hydrogen-bond donors (Lipinski definition) is 0. The highest BCUT2D eigenvalue weighted by atomic mass is 79.9. The average molecular weight is 239 g/mol. The first kappa shape index (κ1) is 10.2. The third-order valence-electron chi connectivity index (χ3n) is 1.65. The van der Waals surface area contributed by atoms with Crippen LogP contribution in [-0.2, 0) is 4.79 Å². The van der Waals surface area contributed by atoms with Gasteiger partial charge in [0.25, 0.3) is 0 Å². The van der Waals surface area contributed by atoms with E-state index in [1.54, 1.807) is 13.0 Å². The topological polar surface area (TPSA) is 17.1 Å². The summed E-state index contributed by atoms with van der Waals surface area (Å²) in [6.45, 7) is 3.57. The highest BCUT2D eigenvalue weighted by molar-refractivity contribution is 9.10. The zero-order chi connectivity index (χ0) is 9.84. The summed E-state index contributed by atoms with van der Waals surface area (Å²) < 4.78 is 1.01. The van der Waals surface area contributed by atoms with Gasteiger partial charge in [-0.1, -0.05) is 39.7 Å². The maximum Gasteiger partial charge on any atom is 0.152 e. The normalized spacial score (nSPS) is 10.7. The van der Waals surface area contributed by atoms with Gasteiger partial charge in [0, 0.05) is 4.47 Å². The Morgan fingerprint density at radius 2 is 2.15 bits per heavy atom. The molecule has 0 radical (unpaired) electrons. The van der Waals surface area contributed by atoms with Crippen molar-refractivity contribution in [3.8, 4) is 0 Å². The van der Waals surface area contributed by atoms with Crippen molar-refractivity contribution >= 4 is 27.8 Å². The van der Waals surface area contributed by atoms with Crippen LogP contribution < -0.4 is 0 Å². The maximum atomic E-state index is 10.7. The number of rotatable bonds is 2. The van der Waals surface area contributed by atoms with E-state index in [2.05, 4.69) is 15.9 Å². The minimum atomic E-state index is 0.0633. The van der Waals surface area contributed by atoms with Gasteiger partial charge >= 0.3 is 0 Å². The molecule has 0 atom stereocenters. The lowest BCUT2D eigenvalue weighted by Gasteiger charge is -1.99. The maximum absolute atomic E-state index is 10.7. The molecule has 0 unspecified atom stereocenters. The molecule has 0 N–H and O–H groups in total. The van der Waals surface area contributed by atoms with Crippen molar-refractivity contribution in [2.24, 2.45) is 0 Å². The van der Waals surface area contributed by atoms with Gasteiger partial charge in [-0.25, -0.2) is 0 Å². The first-order valence-corrected chi connectivity index (χ1v) is 4.83. The van der Waals surface area contributed by atoms with E-state index in [1.807, 2.05) is 31.2 Å². The van der Waals surface area contributed by atoms with E-state index in [9.17, 15) is 4.79 Å². The van der Waals surface area contributed by atoms with E-state index in [0.29, 0.717) is 0 Å². The monoisotopic (exact) mass is 238 g/mol. The Morgan fingerprint density at radius 1 is 1.46 bits per heavy atom. The van der Waals surface area contributed by atoms with Crippen LogP contribution in [0.3, 0.4) is 0 Å². The molecular formula is C11H11BrO. The molecule has 0 aliphatic rings. The lowest BCUT2D eigenvalue weighted by Crippen LogP contribution is -1.82. The summed E-state index contributed by atoms with van der Waals surface area (Å²) in [5.74, 6) is 0.0633. The van der Waals surface area contributed by atoms with Crippen molar-refractivity contribution in [2.75, 3.05) is 0 Å². The number of carbonyl (C=O) groups is 1. The summed E-state index contributed by atoms with van der Waals surface area (Å²) in [4.78, 5) is 10.7. The molecular weight excluding hydrogens is 228 g/mol. The standard InChI is InChI=1S/C11H11BrO/c1-8-3-6-11(12)10(7-8)5-4-9(2)13/h3-7H,1-2H3/b5-4+. The number of hydrogen-bond acceptors (Lipinski definition) is 1. The second-order valence-corrected chi connectivity index (χ2v) is 3.82. The molecule has 0 aliphatic heterocycles. The number of ketones is 1. The first-order chi connectivity index (χ1) is 6.09. The molecule has 0 aliphatic carbocycles. The Kier molecular flexibility index (Phi) is 3.43. The summed E-state index contributed by atoms with van der Waals surface area (Å²) >= 11 is 3.42. The molecule has 1 nitrogen and oxygen atoms in total. The lowest BCUT2D eigenvalue weighted by molar-refractivity contribution is -0.112. The average Bonchev–Trinajstić information content (AvgIpc) is 2.06. The fraction of sp³-hybridized carbons (Fsp3) is 0.182. The van der Waals surface area contributed by atoms with Gasteiger partial charge < -0.3 is 0 Å². The molecule has 68 valence electrons. The van der Waals surface area contributed by atoms with E-state index in [0.717, 1.165) is 10.0 Å². The minimum Gasteiger partial charge on any atom is -0.295 e. The van der Waals surface area contributed by atoms with Gasteiger partial charge in [0.05, 0.1) is 0 Å². The van der Waals surface area contributed by atoms with Crippen molar-refractivity contribution in [1.29, 1.82) is 0 Å². The number of aryl methyl sites for hydroxylation is 1. The number of benzene rings is 1. The Balaban J connectivity index is 3.00. The van der Waals surface area contributed by atoms with Gasteiger partial charge in [0.1, 0.15) is 0 Å². The van der Waals surface area contributed by atoms with Gasteiger partial charge in [-0.15, -0.1) is 0 Å². The molecule has 13 heavy (non-hydrogen) atoms. The van der Waals surface area contributed by atoms with Crippen LogP contribution >= 0.6 is 15.9 Å². The van der Waals surface area contributed by atoms with Crippen molar-refractivity contribution in [3.05, 3.63) is 39.9 Å². The molecule has 0 bridgehead atoms. The Hall–Kier alpha value is -0.890. The SMILES string of the molecule is CC(=O)/C=C/c1cc(C)ccc1Br. The Labute approximate surface area is 86.6 Å². The van der Waals surface area contributed by atoms with Crippen LogP contribution in [0.4, 0.5) is 0 Å². The van der Waals surface area contributed by atoms with Crippen LogP contribution in [0.25, 0.3) is 6.08 Å². The van der Waals surface area contributed by atoms with Crippen LogP contribution in [0, 0.1) is 6.92 Å². The second-order valence-electron chi connectivity index (χ2n) is 2.97. The van der Waals surface area contributed by atoms with Crippen molar-refractivity contribution < 1.29 is 4.79 Å². The quantitative estimate of drug-likeness (QED) is 0.723. The summed E-state index contributed by atoms with van der Waals surface area (Å²) in [5, 5.41) is 0. The van der Waals surface area contributed by atoms with Gasteiger partial charge in [-0.2, -0.15) is 0 Å². The molecule has 0 aromatic heterocycles. The zero-order valence-electron chi connectivity index (χ0n) is 7.67.